The lowest BCUT2D eigenvalue weighted by Gasteiger charge is -2.18. The Morgan fingerprint density at radius 1 is 1.45 bits per heavy atom. The molecule has 1 heterocycles. The highest BCUT2D eigenvalue weighted by molar-refractivity contribution is 6.07. The molecule has 2 aromatic rings. The molecule has 0 aliphatic carbocycles. The molecule has 1 aromatic carbocycles. The van der Waals surface area contributed by atoms with Gasteiger partial charge in [-0.05, 0) is 30.5 Å². The Bertz CT molecular complexity index is 604. The van der Waals surface area contributed by atoms with Gasteiger partial charge < -0.3 is 21.1 Å². The van der Waals surface area contributed by atoms with Crippen LogP contribution in [0.5, 0.6) is 0 Å². The Labute approximate surface area is 118 Å². The number of aromatic nitrogens is 1. The average molecular weight is 275 g/mol. The number of benzene rings is 1. The van der Waals surface area contributed by atoms with Gasteiger partial charge in [0.2, 0.25) is 0 Å². The minimum atomic E-state index is -0.221. The van der Waals surface area contributed by atoms with Crippen molar-refractivity contribution < 1.29 is 9.90 Å². The van der Waals surface area contributed by atoms with Gasteiger partial charge in [-0.3, -0.25) is 4.79 Å². The molecule has 5 N–H and O–H groups in total. The van der Waals surface area contributed by atoms with Crippen LogP contribution in [0.2, 0.25) is 0 Å². The van der Waals surface area contributed by atoms with E-state index in [-0.39, 0.29) is 18.6 Å². The molecular formula is C15H21N3O2. The molecule has 5 heteroatoms. The summed E-state index contributed by atoms with van der Waals surface area (Å²) in [5, 5.41) is 13.0. The maximum absolute atomic E-state index is 12.3. The molecule has 0 saturated carbocycles. The van der Waals surface area contributed by atoms with Crippen LogP contribution in [0.4, 0.5) is 5.69 Å². The van der Waals surface area contributed by atoms with Crippen molar-refractivity contribution in [3.63, 3.8) is 0 Å². The highest BCUT2D eigenvalue weighted by Crippen LogP contribution is 2.20. The van der Waals surface area contributed by atoms with Gasteiger partial charge in [0, 0.05) is 22.8 Å². The number of anilines is 1. The van der Waals surface area contributed by atoms with Crippen LogP contribution in [-0.2, 0) is 0 Å². The number of hydrogen-bond acceptors (Lipinski definition) is 3. The molecule has 0 saturated heterocycles. The first-order valence-corrected chi connectivity index (χ1v) is 6.79. The van der Waals surface area contributed by atoms with Crippen LogP contribution in [0.15, 0.2) is 24.4 Å². The number of nitrogens with two attached hydrogens (primary N) is 1. The lowest BCUT2D eigenvalue weighted by molar-refractivity contribution is 0.0910. The van der Waals surface area contributed by atoms with Crippen LogP contribution < -0.4 is 11.1 Å². The summed E-state index contributed by atoms with van der Waals surface area (Å²) >= 11 is 0. The Kier molecular flexibility index (Phi) is 4.29. The average Bonchev–Trinajstić information content (AvgIpc) is 2.80. The smallest absolute Gasteiger partial charge is 0.253 e. The number of carbonyl (C=O) groups is 1. The van der Waals surface area contributed by atoms with Crippen LogP contribution in [0.3, 0.4) is 0 Å². The first-order valence-electron chi connectivity index (χ1n) is 6.79. The highest BCUT2D eigenvalue weighted by Gasteiger charge is 2.17. The van der Waals surface area contributed by atoms with Gasteiger partial charge in [0.15, 0.2) is 0 Å². The lowest BCUT2D eigenvalue weighted by Crippen LogP contribution is -2.38. The molecule has 1 atom stereocenters. The Balaban J connectivity index is 2.18. The third-order valence-corrected chi connectivity index (χ3v) is 3.26. The number of aromatic amines is 1. The minimum Gasteiger partial charge on any atom is -0.399 e. The summed E-state index contributed by atoms with van der Waals surface area (Å²) in [4.78, 5) is 15.3. The molecular weight excluding hydrogens is 254 g/mol. The second kappa shape index (κ2) is 5.96. The molecule has 1 unspecified atom stereocenters. The number of carbonyl (C=O) groups excluding carboxylic acids is 1. The molecule has 0 spiro atoms. The molecule has 20 heavy (non-hydrogen) atoms. The van der Waals surface area contributed by atoms with E-state index < -0.39 is 0 Å². The molecule has 5 nitrogen and oxygen atoms in total. The van der Waals surface area contributed by atoms with Gasteiger partial charge in [0.25, 0.3) is 5.91 Å². The molecule has 0 aliphatic rings. The zero-order valence-corrected chi connectivity index (χ0v) is 11.8. The van der Waals surface area contributed by atoms with Crippen molar-refractivity contribution in [1.29, 1.82) is 0 Å². The molecule has 1 amide bonds. The Hall–Kier alpha value is -2.01. The fourth-order valence-corrected chi connectivity index (χ4v) is 2.34. The summed E-state index contributed by atoms with van der Waals surface area (Å²) in [5.41, 5.74) is 7.77. The van der Waals surface area contributed by atoms with E-state index in [1.165, 1.54) is 0 Å². The SMILES string of the molecule is CC(C)CC(CO)NC(=O)c1c[nH]c2cc(N)ccc12. The predicted octanol–water partition coefficient (Wildman–Crippen LogP) is 1.89. The third kappa shape index (κ3) is 3.11. The van der Waals surface area contributed by atoms with E-state index in [1.807, 2.05) is 6.07 Å². The topological polar surface area (TPSA) is 91.1 Å². The fourth-order valence-electron chi connectivity index (χ4n) is 2.34. The van der Waals surface area contributed by atoms with Gasteiger partial charge in [0.1, 0.15) is 0 Å². The first-order chi connectivity index (χ1) is 9.51. The van der Waals surface area contributed by atoms with Crippen molar-refractivity contribution in [3.8, 4) is 0 Å². The number of nitrogen functional groups attached to an aromatic ring is 1. The van der Waals surface area contributed by atoms with Gasteiger partial charge in [-0.15, -0.1) is 0 Å². The Morgan fingerprint density at radius 3 is 2.85 bits per heavy atom. The summed E-state index contributed by atoms with van der Waals surface area (Å²) in [6.45, 7) is 4.06. The number of aliphatic hydroxyl groups excluding tert-OH is 1. The number of hydrogen-bond donors (Lipinski definition) is 4. The second-order valence-corrected chi connectivity index (χ2v) is 5.49. The molecule has 0 aliphatic heterocycles. The van der Waals surface area contributed by atoms with E-state index in [0.717, 1.165) is 17.3 Å². The van der Waals surface area contributed by atoms with Gasteiger partial charge >= 0.3 is 0 Å². The zero-order valence-electron chi connectivity index (χ0n) is 11.8. The van der Waals surface area contributed by atoms with Gasteiger partial charge in [-0.1, -0.05) is 13.8 Å². The van der Waals surface area contributed by atoms with E-state index in [0.29, 0.717) is 17.2 Å². The highest BCUT2D eigenvalue weighted by atomic mass is 16.3. The number of aliphatic hydroxyl groups is 1. The quantitative estimate of drug-likeness (QED) is 0.628. The van der Waals surface area contributed by atoms with Gasteiger partial charge in [-0.2, -0.15) is 0 Å². The number of H-pyrrole nitrogens is 1. The van der Waals surface area contributed by atoms with Crippen molar-refractivity contribution in [1.82, 2.24) is 10.3 Å². The van der Waals surface area contributed by atoms with E-state index in [2.05, 4.69) is 24.1 Å². The summed E-state index contributed by atoms with van der Waals surface area (Å²) in [6, 6.07) is 5.17. The Morgan fingerprint density at radius 2 is 2.20 bits per heavy atom. The number of amides is 1. The van der Waals surface area contributed by atoms with Crippen molar-refractivity contribution in [2.75, 3.05) is 12.3 Å². The number of nitrogens with one attached hydrogen (secondary N) is 2. The zero-order chi connectivity index (χ0) is 14.7. The molecule has 1 aromatic heterocycles. The fraction of sp³-hybridized carbons (Fsp3) is 0.400. The standard InChI is InChI=1S/C15H21N3O2/c1-9(2)5-11(8-19)18-15(20)13-7-17-14-6-10(16)3-4-12(13)14/h3-4,6-7,9,11,17,19H,5,8,16H2,1-2H3,(H,18,20). The van der Waals surface area contributed by atoms with E-state index in [1.54, 1.807) is 18.3 Å². The van der Waals surface area contributed by atoms with Crippen LogP contribution in [0.25, 0.3) is 10.9 Å². The van der Waals surface area contributed by atoms with E-state index in [4.69, 9.17) is 5.73 Å². The van der Waals surface area contributed by atoms with Gasteiger partial charge in [0.05, 0.1) is 18.2 Å². The van der Waals surface area contributed by atoms with Crippen molar-refractivity contribution in [2.45, 2.75) is 26.3 Å². The van der Waals surface area contributed by atoms with Crippen molar-refractivity contribution >= 4 is 22.5 Å². The molecule has 108 valence electrons. The molecule has 2 rings (SSSR count). The van der Waals surface area contributed by atoms with Crippen LogP contribution in [0.1, 0.15) is 30.6 Å². The predicted molar refractivity (Wildman–Crippen MR) is 80.5 cm³/mol. The van der Waals surface area contributed by atoms with Gasteiger partial charge in [-0.25, -0.2) is 0 Å². The largest absolute Gasteiger partial charge is 0.399 e. The monoisotopic (exact) mass is 275 g/mol. The summed E-state index contributed by atoms with van der Waals surface area (Å²) in [6.07, 6.45) is 2.42. The normalized spacial score (nSPS) is 12.8. The number of fused-ring (bicyclic) bond motifs is 1. The second-order valence-electron chi connectivity index (χ2n) is 5.49. The van der Waals surface area contributed by atoms with Crippen LogP contribution >= 0.6 is 0 Å². The van der Waals surface area contributed by atoms with Crippen molar-refractivity contribution in [3.05, 3.63) is 30.0 Å². The number of rotatable bonds is 5. The molecule has 0 fully saturated rings. The molecule has 0 radical (unpaired) electrons. The summed E-state index contributed by atoms with van der Waals surface area (Å²) < 4.78 is 0. The third-order valence-electron chi connectivity index (χ3n) is 3.26. The maximum Gasteiger partial charge on any atom is 0.253 e. The summed E-state index contributed by atoms with van der Waals surface area (Å²) in [7, 11) is 0. The van der Waals surface area contributed by atoms with E-state index in [9.17, 15) is 9.90 Å². The molecule has 0 bridgehead atoms. The van der Waals surface area contributed by atoms with Crippen LogP contribution in [-0.4, -0.2) is 28.6 Å². The first kappa shape index (κ1) is 14.4. The minimum absolute atomic E-state index is 0.0563. The summed E-state index contributed by atoms with van der Waals surface area (Å²) in [5.74, 6) is 0.232. The van der Waals surface area contributed by atoms with Crippen molar-refractivity contribution in [2.24, 2.45) is 5.92 Å². The lowest BCUT2D eigenvalue weighted by atomic mass is 10.0. The maximum atomic E-state index is 12.3. The van der Waals surface area contributed by atoms with Crippen LogP contribution in [0, 0.1) is 5.92 Å². The van der Waals surface area contributed by atoms with E-state index >= 15 is 0 Å².